The van der Waals surface area contributed by atoms with Gasteiger partial charge in [-0.25, -0.2) is 0 Å². The number of para-hydroxylation sites is 1. The van der Waals surface area contributed by atoms with Gasteiger partial charge in [0, 0.05) is 22.9 Å². The Hall–Kier alpha value is -2.39. The molecule has 0 saturated carbocycles. The number of carbonyl (C=O) groups excluding carboxylic acids is 2. The molecule has 2 amide bonds. The zero-order valence-electron chi connectivity index (χ0n) is 14.1. The molecule has 1 saturated heterocycles. The Balaban J connectivity index is 1.54. The number of thioether (sulfide) groups is 1. The molecular weight excluding hydrogens is 370 g/mol. The molecule has 0 aliphatic carbocycles. The zero-order chi connectivity index (χ0) is 18.1. The number of carbonyl (C=O) groups is 2. The van der Waals surface area contributed by atoms with Crippen molar-refractivity contribution < 1.29 is 9.59 Å². The summed E-state index contributed by atoms with van der Waals surface area (Å²) in [6, 6.07) is 7.13. The lowest BCUT2D eigenvalue weighted by Gasteiger charge is -2.22. The molecule has 9 heteroatoms. The maximum absolute atomic E-state index is 13.0. The van der Waals surface area contributed by atoms with E-state index >= 15 is 0 Å². The highest BCUT2D eigenvalue weighted by molar-refractivity contribution is 7.99. The lowest BCUT2D eigenvalue weighted by Crippen LogP contribution is -2.44. The molecule has 2 N–H and O–H groups in total. The summed E-state index contributed by atoms with van der Waals surface area (Å²) in [6.45, 7) is 1.99. The largest absolute Gasteiger partial charge is 0.360 e. The van der Waals surface area contributed by atoms with E-state index in [1.54, 1.807) is 22.9 Å². The number of H-pyrrole nitrogens is 1. The van der Waals surface area contributed by atoms with Gasteiger partial charge in [0.1, 0.15) is 11.0 Å². The van der Waals surface area contributed by atoms with Crippen LogP contribution < -0.4 is 5.32 Å². The molecule has 1 atom stereocenters. The van der Waals surface area contributed by atoms with E-state index in [1.165, 1.54) is 11.3 Å². The van der Waals surface area contributed by atoms with Crippen LogP contribution in [0.15, 0.2) is 30.5 Å². The first-order valence-corrected chi connectivity index (χ1v) is 10.2. The molecular formula is C17H17N5O2S2. The number of hydrogen-bond acceptors (Lipinski definition) is 6. The van der Waals surface area contributed by atoms with Gasteiger partial charge >= 0.3 is 0 Å². The van der Waals surface area contributed by atoms with Crippen LogP contribution >= 0.6 is 23.1 Å². The third-order valence-corrected chi connectivity index (χ3v) is 6.26. The highest BCUT2D eigenvalue weighted by Crippen LogP contribution is 2.27. The highest BCUT2D eigenvalue weighted by atomic mass is 32.2. The Morgan fingerprint density at radius 1 is 1.35 bits per heavy atom. The average Bonchev–Trinajstić information content (AvgIpc) is 3.39. The summed E-state index contributed by atoms with van der Waals surface area (Å²) < 4.78 is 0. The zero-order valence-corrected chi connectivity index (χ0v) is 15.7. The minimum atomic E-state index is -0.518. The Kier molecular flexibility index (Phi) is 4.64. The van der Waals surface area contributed by atoms with Crippen molar-refractivity contribution in [3.8, 4) is 0 Å². The third kappa shape index (κ3) is 3.08. The summed E-state index contributed by atoms with van der Waals surface area (Å²) in [5.74, 6) is 0.702. The topological polar surface area (TPSA) is 91.0 Å². The molecule has 7 nitrogen and oxygen atoms in total. The summed E-state index contributed by atoms with van der Waals surface area (Å²) >= 11 is 2.93. The molecule has 2 aromatic heterocycles. The van der Waals surface area contributed by atoms with Crippen molar-refractivity contribution in [2.75, 3.05) is 16.9 Å². The van der Waals surface area contributed by atoms with Crippen LogP contribution in [0.3, 0.4) is 0 Å². The van der Waals surface area contributed by atoms with Crippen LogP contribution in [0.25, 0.3) is 10.9 Å². The fourth-order valence-corrected chi connectivity index (χ4v) is 4.74. The SMILES string of the molecule is CCc1nnc(NC(=O)[C@H]2CSCN2C(=O)c2c[nH]c3ccccc23)s1. The first-order chi connectivity index (χ1) is 12.7. The van der Waals surface area contributed by atoms with Crippen LogP contribution in [0.4, 0.5) is 5.13 Å². The molecule has 134 valence electrons. The molecule has 4 rings (SSSR count). The summed E-state index contributed by atoms with van der Waals surface area (Å²) in [5, 5.41) is 13.0. The van der Waals surface area contributed by atoms with Crippen molar-refractivity contribution in [3.05, 3.63) is 41.0 Å². The number of benzene rings is 1. The van der Waals surface area contributed by atoms with E-state index in [1.807, 2.05) is 31.2 Å². The van der Waals surface area contributed by atoms with Gasteiger partial charge in [-0.3, -0.25) is 14.9 Å². The standard InChI is InChI=1S/C17H17N5O2S2/c1-2-14-20-21-17(26-14)19-15(23)13-8-25-9-22(13)16(24)11-7-18-12-6-4-3-5-10(11)12/h3-7,13,18H,2,8-9H2,1H3,(H,19,21,23)/t13-/m1/s1. The van der Waals surface area contributed by atoms with Crippen molar-refractivity contribution in [1.82, 2.24) is 20.1 Å². The Bertz CT molecular complexity index is 967. The summed E-state index contributed by atoms with van der Waals surface area (Å²) in [4.78, 5) is 30.4. The molecule has 1 aliphatic rings. The monoisotopic (exact) mass is 387 g/mol. The van der Waals surface area contributed by atoms with Crippen LogP contribution in [0.1, 0.15) is 22.3 Å². The van der Waals surface area contributed by atoms with Gasteiger partial charge in [-0.2, -0.15) is 0 Å². The molecule has 1 aromatic carbocycles. The number of rotatable bonds is 4. The number of anilines is 1. The second kappa shape index (κ2) is 7.08. The maximum Gasteiger partial charge on any atom is 0.257 e. The van der Waals surface area contributed by atoms with E-state index in [0.29, 0.717) is 22.3 Å². The van der Waals surface area contributed by atoms with Crippen LogP contribution in [0.2, 0.25) is 0 Å². The minimum absolute atomic E-state index is 0.140. The van der Waals surface area contributed by atoms with E-state index < -0.39 is 6.04 Å². The van der Waals surface area contributed by atoms with Crippen LogP contribution in [0.5, 0.6) is 0 Å². The van der Waals surface area contributed by atoms with Crippen molar-refractivity contribution >= 4 is 50.9 Å². The number of hydrogen-bond donors (Lipinski definition) is 2. The summed E-state index contributed by atoms with van der Waals surface area (Å²) in [5.41, 5.74) is 1.50. The van der Waals surface area contributed by atoms with Crippen molar-refractivity contribution in [2.45, 2.75) is 19.4 Å². The predicted octanol–water partition coefficient (Wildman–Crippen LogP) is 2.74. The lowest BCUT2D eigenvalue weighted by atomic mass is 10.1. The van der Waals surface area contributed by atoms with Gasteiger partial charge in [0.25, 0.3) is 5.91 Å². The normalized spacial score (nSPS) is 17.0. The predicted molar refractivity (Wildman–Crippen MR) is 103 cm³/mol. The van der Waals surface area contributed by atoms with Gasteiger partial charge in [0.2, 0.25) is 11.0 Å². The second-order valence-corrected chi connectivity index (χ2v) is 7.94. The Morgan fingerprint density at radius 3 is 3.00 bits per heavy atom. The van der Waals surface area contributed by atoms with Crippen molar-refractivity contribution in [2.24, 2.45) is 0 Å². The van der Waals surface area contributed by atoms with E-state index in [2.05, 4.69) is 20.5 Å². The first kappa shape index (κ1) is 17.0. The fourth-order valence-electron chi connectivity index (χ4n) is 2.90. The van der Waals surface area contributed by atoms with E-state index in [4.69, 9.17) is 0 Å². The number of amides is 2. The third-order valence-electron chi connectivity index (χ3n) is 4.26. The number of aromatic amines is 1. The van der Waals surface area contributed by atoms with Crippen LogP contribution in [0, 0.1) is 0 Å². The summed E-state index contributed by atoms with van der Waals surface area (Å²) in [6.07, 6.45) is 2.49. The number of aryl methyl sites for hydroxylation is 1. The van der Waals surface area contributed by atoms with Crippen LogP contribution in [-0.2, 0) is 11.2 Å². The van der Waals surface area contributed by atoms with Gasteiger partial charge in [0.15, 0.2) is 0 Å². The number of nitrogens with zero attached hydrogens (tertiary/aromatic N) is 3. The molecule has 26 heavy (non-hydrogen) atoms. The van der Waals surface area contributed by atoms with Gasteiger partial charge in [-0.15, -0.1) is 22.0 Å². The van der Waals surface area contributed by atoms with E-state index in [9.17, 15) is 9.59 Å². The van der Waals surface area contributed by atoms with Crippen molar-refractivity contribution in [1.29, 1.82) is 0 Å². The molecule has 0 bridgehead atoms. The molecule has 3 aromatic rings. The smallest absolute Gasteiger partial charge is 0.257 e. The fraction of sp³-hybridized carbons (Fsp3) is 0.294. The Morgan fingerprint density at radius 2 is 2.19 bits per heavy atom. The van der Waals surface area contributed by atoms with Crippen molar-refractivity contribution in [3.63, 3.8) is 0 Å². The molecule has 3 heterocycles. The number of fused-ring (bicyclic) bond motifs is 1. The van der Waals surface area contributed by atoms with Crippen LogP contribution in [-0.4, -0.2) is 49.6 Å². The molecule has 0 unspecified atom stereocenters. The molecule has 1 aliphatic heterocycles. The van der Waals surface area contributed by atoms with E-state index in [0.717, 1.165) is 22.3 Å². The average molecular weight is 387 g/mol. The van der Waals surface area contributed by atoms with Gasteiger partial charge < -0.3 is 9.88 Å². The Labute approximate surface area is 158 Å². The highest BCUT2D eigenvalue weighted by Gasteiger charge is 2.36. The second-order valence-electron chi connectivity index (χ2n) is 5.88. The van der Waals surface area contributed by atoms with Gasteiger partial charge in [-0.1, -0.05) is 36.5 Å². The van der Waals surface area contributed by atoms with Gasteiger partial charge in [0.05, 0.1) is 11.4 Å². The quantitative estimate of drug-likeness (QED) is 0.718. The number of aromatic nitrogens is 3. The molecule has 0 spiro atoms. The molecule has 1 fully saturated rings. The first-order valence-electron chi connectivity index (χ1n) is 8.25. The lowest BCUT2D eigenvalue weighted by molar-refractivity contribution is -0.119. The molecule has 0 radical (unpaired) electrons. The van der Waals surface area contributed by atoms with Gasteiger partial charge in [-0.05, 0) is 12.5 Å². The number of nitrogens with one attached hydrogen (secondary N) is 2. The summed E-state index contributed by atoms with van der Waals surface area (Å²) in [7, 11) is 0. The minimum Gasteiger partial charge on any atom is -0.360 e. The maximum atomic E-state index is 13.0. The van der Waals surface area contributed by atoms with E-state index in [-0.39, 0.29) is 11.8 Å².